The zero-order valence-corrected chi connectivity index (χ0v) is 7.35. The Labute approximate surface area is 78.1 Å². The quantitative estimate of drug-likeness (QED) is 0.637. The zero-order chi connectivity index (χ0) is 10.1. The zero-order valence-electron chi connectivity index (χ0n) is 7.35. The molecule has 0 atom stereocenters. The van der Waals surface area contributed by atoms with Crippen molar-refractivity contribution in [3.05, 3.63) is 34.4 Å². The Kier molecular flexibility index (Phi) is 1.81. The molecule has 0 aliphatic heterocycles. The van der Waals surface area contributed by atoms with Gasteiger partial charge in [-0.05, 0) is 0 Å². The van der Waals surface area contributed by atoms with Crippen molar-refractivity contribution in [3.8, 4) is 0 Å². The first kappa shape index (κ1) is 8.49. The van der Waals surface area contributed by atoms with Crippen LogP contribution in [0.5, 0.6) is 0 Å². The van der Waals surface area contributed by atoms with Crippen LogP contribution in [0.3, 0.4) is 0 Å². The number of H-pyrrole nitrogens is 1. The highest BCUT2D eigenvalue weighted by Crippen LogP contribution is 1.96. The second-order valence-electron chi connectivity index (χ2n) is 2.62. The largest absolute Gasteiger partial charge is 0.465 e. The van der Waals surface area contributed by atoms with E-state index in [-0.39, 0.29) is 5.56 Å². The van der Waals surface area contributed by atoms with E-state index in [2.05, 4.69) is 14.8 Å². The number of hydrogen-bond donors (Lipinski definition) is 1. The van der Waals surface area contributed by atoms with E-state index in [0.717, 1.165) is 0 Å². The molecule has 0 aliphatic rings. The molecule has 0 saturated heterocycles. The molecule has 2 heterocycles. The van der Waals surface area contributed by atoms with Gasteiger partial charge in [-0.1, -0.05) is 0 Å². The SMILES string of the molecule is COC(=O)c1cnc2cc[nH]n2c1=O. The third-order valence-corrected chi connectivity index (χ3v) is 1.83. The number of rotatable bonds is 1. The second-order valence-corrected chi connectivity index (χ2v) is 2.62. The summed E-state index contributed by atoms with van der Waals surface area (Å²) >= 11 is 0. The molecule has 6 nitrogen and oxygen atoms in total. The van der Waals surface area contributed by atoms with Gasteiger partial charge in [0.1, 0.15) is 5.56 Å². The van der Waals surface area contributed by atoms with Crippen LogP contribution in [-0.2, 0) is 4.74 Å². The van der Waals surface area contributed by atoms with Gasteiger partial charge in [-0.3, -0.25) is 9.89 Å². The smallest absolute Gasteiger partial charge is 0.345 e. The van der Waals surface area contributed by atoms with Crippen molar-refractivity contribution in [1.82, 2.24) is 14.6 Å². The van der Waals surface area contributed by atoms with Gasteiger partial charge in [0, 0.05) is 18.5 Å². The van der Waals surface area contributed by atoms with E-state index in [9.17, 15) is 9.59 Å². The Hall–Kier alpha value is -2.11. The van der Waals surface area contributed by atoms with E-state index >= 15 is 0 Å². The predicted octanol–water partition coefficient (Wildman–Crippen LogP) is -0.191. The molecule has 0 spiro atoms. The lowest BCUT2D eigenvalue weighted by Gasteiger charge is -1.97. The molecule has 0 amide bonds. The van der Waals surface area contributed by atoms with Gasteiger partial charge in [0.2, 0.25) is 0 Å². The molecule has 0 aliphatic carbocycles. The Bertz CT molecular complexity index is 540. The van der Waals surface area contributed by atoms with Crippen LogP contribution in [0.1, 0.15) is 10.4 Å². The number of esters is 1. The lowest BCUT2D eigenvalue weighted by Crippen LogP contribution is -2.23. The van der Waals surface area contributed by atoms with E-state index in [1.807, 2.05) is 0 Å². The molecule has 2 rings (SSSR count). The van der Waals surface area contributed by atoms with Crippen LogP contribution < -0.4 is 5.56 Å². The van der Waals surface area contributed by atoms with Crippen LogP contribution in [0.15, 0.2) is 23.3 Å². The second kappa shape index (κ2) is 2.99. The number of aromatic amines is 1. The molecule has 72 valence electrons. The van der Waals surface area contributed by atoms with Gasteiger partial charge < -0.3 is 4.74 Å². The summed E-state index contributed by atoms with van der Waals surface area (Å²) in [6.07, 6.45) is 2.77. The third-order valence-electron chi connectivity index (χ3n) is 1.83. The van der Waals surface area contributed by atoms with Gasteiger partial charge in [-0.2, -0.15) is 0 Å². The Morgan fingerprint density at radius 1 is 1.64 bits per heavy atom. The number of aromatic nitrogens is 3. The lowest BCUT2D eigenvalue weighted by atomic mass is 10.3. The highest BCUT2D eigenvalue weighted by Gasteiger charge is 2.13. The summed E-state index contributed by atoms with van der Waals surface area (Å²) < 4.78 is 5.61. The van der Waals surface area contributed by atoms with Crippen molar-refractivity contribution in [2.45, 2.75) is 0 Å². The molecule has 0 fully saturated rings. The molecule has 0 bridgehead atoms. The van der Waals surface area contributed by atoms with Crippen LogP contribution in [0.2, 0.25) is 0 Å². The molecule has 0 aromatic carbocycles. The van der Waals surface area contributed by atoms with Gasteiger partial charge in [0.25, 0.3) is 5.56 Å². The van der Waals surface area contributed by atoms with E-state index in [4.69, 9.17) is 0 Å². The average molecular weight is 193 g/mol. The van der Waals surface area contributed by atoms with Gasteiger partial charge in [-0.15, -0.1) is 0 Å². The van der Waals surface area contributed by atoms with E-state index < -0.39 is 11.5 Å². The number of ether oxygens (including phenoxy) is 1. The Morgan fingerprint density at radius 2 is 2.43 bits per heavy atom. The maximum Gasteiger partial charge on any atom is 0.345 e. The number of carbonyl (C=O) groups excluding carboxylic acids is 1. The predicted molar refractivity (Wildman–Crippen MR) is 47.2 cm³/mol. The van der Waals surface area contributed by atoms with E-state index in [1.54, 1.807) is 12.3 Å². The standard InChI is InChI=1S/C8H7N3O3/c1-14-8(13)5-4-9-6-2-3-10-11(6)7(5)12/h2-4,10H,1H3. The van der Waals surface area contributed by atoms with Crippen molar-refractivity contribution in [1.29, 1.82) is 0 Å². The monoisotopic (exact) mass is 193 g/mol. The summed E-state index contributed by atoms with van der Waals surface area (Å²) in [4.78, 5) is 26.6. The molecule has 14 heavy (non-hydrogen) atoms. The first-order valence-corrected chi connectivity index (χ1v) is 3.87. The minimum Gasteiger partial charge on any atom is -0.465 e. The van der Waals surface area contributed by atoms with Crippen LogP contribution in [0, 0.1) is 0 Å². The molecule has 0 saturated carbocycles. The van der Waals surface area contributed by atoms with Gasteiger partial charge in [0.05, 0.1) is 7.11 Å². The fraction of sp³-hybridized carbons (Fsp3) is 0.125. The van der Waals surface area contributed by atoms with Crippen molar-refractivity contribution >= 4 is 11.6 Å². The maximum absolute atomic E-state index is 11.6. The van der Waals surface area contributed by atoms with Crippen molar-refractivity contribution in [2.75, 3.05) is 7.11 Å². The normalized spacial score (nSPS) is 10.4. The minimum absolute atomic E-state index is 0.0903. The molecule has 1 N–H and O–H groups in total. The molecular formula is C8H7N3O3. The van der Waals surface area contributed by atoms with Crippen LogP contribution in [0.25, 0.3) is 5.65 Å². The molecule has 2 aromatic rings. The van der Waals surface area contributed by atoms with Gasteiger partial charge in [0.15, 0.2) is 5.65 Å². The summed E-state index contributed by atoms with van der Waals surface area (Å²) in [6, 6.07) is 1.63. The molecule has 0 radical (unpaired) electrons. The lowest BCUT2D eigenvalue weighted by molar-refractivity contribution is 0.0598. The van der Waals surface area contributed by atoms with Gasteiger partial charge in [-0.25, -0.2) is 14.3 Å². The van der Waals surface area contributed by atoms with Crippen molar-refractivity contribution < 1.29 is 9.53 Å². The Morgan fingerprint density at radius 3 is 3.14 bits per heavy atom. The first-order valence-electron chi connectivity index (χ1n) is 3.87. The summed E-state index contributed by atoms with van der Waals surface area (Å²) in [5.74, 6) is -0.688. The third kappa shape index (κ3) is 1.08. The maximum atomic E-state index is 11.6. The molecular weight excluding hydrogens is 186 g/mol. The van der Waals surface area contributed by atoms with Crippen LogP contribution >= 0.6 is 0 Å². The Balaban J connectivity index is 2.74. The topological polar surface area (TPSA) is 76.5 Å². The summed E-state index contributed by atoms with van der Waals surface area (Å²) in [7, 11) is 1.21. The average Bonchev–Trinajstić information content (AvgIpc) is 2.66. The fourth-order valence-electron chi connectivity index (χ4n) is 1.15. The molecule has 0 unspecified atom stereocenters. The number of methoxy groups -OCH3 is 1. The summed E-state index contributed by atoms with van der Waals surface area (Å²) in [6.45, 7) is 0. The van der Waals surface area contributed by atoms with E-state index in [1.165, 1.54) is 17.8 Å². The molecule has 2 aromatic heterocycles. The van der Waals surface area contributed by atoms with Crippen molar-refractivity contribution in [2.24, 2.45) is 0 Å². The molecule has 6 heteroatoms. The number of fused-ring (bicyclic) bond motifs is 1. The van der Waals surface area contributed by atoms with E-state index in [0.29, 0.717) is 5.65 Å². The minimum atomic E-state index is -0.688. The first-order chi connectivity index (χ1) is 6.74. The number of carbonyl (C=O) groups is 1. The van der Waals surface area contributed by atoms with Crippen LogP contribution in [-0.4, -0.2) is 27.7 Å². The fourth-order valence-corrected chi connectivity index (χ4v) is 1.15. The highest BCUT2D eigenvalue weighted by atomic mass is 16.5. The summed E-state index contributed by atoms with van der Waals surface area (Å²) in [5.41, 5.74) is -0.0954. The highest BCUT2D eigenvalue weighted by molar-refractivity contribution is 5.88. The van der Waals surface area contributed by atoms with Crippen molar-refractivity contribution in [3.63, 3.8) is 0 Å². The number of nitrogens with zero attached hydrogens (tertiary/aromatic N) is 2. The number of hydrogen-bond acceptors (Lipinski definition) is 4. The van der Waals surface area contributed by atoms with Crippen LogP contribution in [0.4, 0.5) is 0 Å². The van der Waals surface area contributed by atoms with Gasteiger partial charge >= 0.3 is 5.97 Å². The summed E-state index contributed by atoms with van der Waals surface area (Å²) in [5, 5.41) is 2.64. The number of nitrogens with one attached hydrogen (secondary N) is 1.